The van der Waals surface area contributed by atoms with Crippen LogP contribution in [0.15, 0.2) is 54.6 Å². The molecule has 2 fully saturated rings. The van der Waals surface area contributed by atoms with Crippen molar-refractivity contribution in [1.29, 1.82) is 0 Å². The maximum absolute atomic E-state index is 11.4. The van der Waals surface area contributed by atoms with Crippen LogP contribution in [0.4, 0.5) is 10.6 Å². The summed E-state index contributed by atoms with van der Waals surface area (Å²) in [5.74, 6) is 2.28. The second kappa shape index (κ2) is 10.7. The highest BCUT2D eigenvalue weighted by Crippen LogP contribution is 2.38. The molecule has 1 saturated carbocycles. The molecule has 1 saturated heterocycles. The Balaban J connectivity index is 1.08. The molecule has 2 N–H and O–H groups in total. The van der Waals surface area contributed by atoms with Crippen LogP contribution in [0.2, 0.25) is 0 Å². The van der Waals surface area contributed by atoms with Crippen molar-refractivity contribution in [3.8, 4) is 0 Å². The first-order chi connectivity index (χ1) is 16.7. The van der Waals surface area contributed by atoms with Crippen molar-refractivity contribution in [3.63, 3.8) is 0 Å². The van der Waals surface area contributed by atoms with E-state index in [1.807, 2.05) is 30.3 Å². The van der Waals surface area contributed by atoms with Crippen LogP contribution in [0.3, 0.4) is 0 Å². The van der Waals surface area contributed by atoms with Crippen molar-refractivity contribution in [2.75, 3.05) is 37.6 Å². The minimum atomic E-state index is -0.930. The molecule has 2 heterocycles. The van der Waals surface area contributed by atoms with E-state index in [0.717, 1.165) is 62.9 Å². The minimum absolute atomic E-state index is 0.102. The van der Waals surface area contributed by atoms with Crippen molar-refractivity contribution in [3.05, 3.63) is 60.2 Å². The van der Waals surface area contributed by atoms with Crippen molar-refractivity contribution < 1.29 is 9.90 Å². The summed E-state index contributed by atoms with van der Waals surface area (Å²) in [7, 11) is 0. The topological polar surface area (TPSA) is 68.7 Å². The van der Waals surface area contributed by atoms with Crippen LogP contribution >= 0.6 is 11.5 Å². The highest BCUT2D eigenvalue weighted by atomic mass is 32.1. The van der Waals surface area contributed by atoms with Gasteiger partial charge in [0.05, 0.1) is 10.7 Å². The van der Waals surface area contributed by atoms with Crippen molar-refractivity contribution in [2.45, 2.75) is 38.1 Å². The summed E-state index contributed by atoms with van der Waals surface area (Å²) < 4.78 is 6.00. The number of nitrogens with one attached hydrogen (secondary N) is 1. The number of carboxylic acid groups (broad SMARTS) is 1. The summed E-state index contributed by atoms with van der Waals surface area (Å²) >= 11 is 1.60. The molecular weight excluding hydrogens is 444 g/mol. The Labute approximate surface area is 205 Å². The Hall–Kier alpha value is -2.64. The minimum Gasteiger partial charge on any atom is -0.465 e. The monoisotopic (exact) mass is 478 g/mol. The summed E-state index contributed by atoms with van der Waals surface area (Å²) in [5.41, 5.74) is 1.08. The zero-order valence-corrected chi connectivity index (χ0v) is 20.4. The van der Waals surface area contributed by atoms with Gasteiger partial charge in [-0.3, -0.25) is 4.90 Å². The largest absolute Gasteiger partial charge is 0.465 e. The Morgan fingerprint density at radius 3 is 2.44 bits per heavy atom. The van der Waals surface area contributed by atoms with Gasteiger partial charge in [0, 0.05) is 31.6 Å². The molecule has 2 aliphatic rings. The molecule has 1 aliphatic carbocycles. The van der Waals surface area contributed by atoms with Gasteiger partial charge in [0.25, 0.3) is 0 Å². The first kappa shape index (κ1) is 23.1. The smallest absolute Gasteiger partial charge is 0.405 e. The summed E-state index contributed by atoms with van der Waals surface area (Å²) in [6.45, 7) is 5.44. The number of rotatable bonds is 7. The standard InChI is InChI=1S/C27H34N4O2S/c32-27(33)28-25(21-6-2-1-3-7-21)22-12-10-20(11-13-22)14-15-30-16-18-31(19-17-30)26-23-8-4-5-9-24(23)34-29-26/h1-9,20,22,25,28H,10-19H2,(H,32,33). The van der Waals surface area contributed by atoms with Gasteiger partial charge in [-0.15, -0.1) is 0 Å². The molecule has 7 heteroatoms. The second-order valence-electron chi connectivity index (χ2n) is 9.74. The summed E-state index contributed by atoms with van der Waals surface area (Å²) in [6.07, 6.45) is 4.89. The molecule has 5 rings (SSSR count). The molecule has 0 bridgehead atoms. The fraction of sp³-hybridized carbons (Fsp3) is 0.481. The van der Waals surface area contributed by atoms with Gasteiger partial charge in [0.2, 0.25) is 0 Å². The number of nitrogens with zero attached hydrogens (tertiary/aromatic N) is 3. The van der Waals surface area contributed by atoms with E-state index in [0.29, 0.717) is 5.92 Å². The van der Waals surface area contributed by atoms with Gasteiger partial charge in [-0.1, -0.05) is 55.3 Å². The van der Waals surface area contributed by atoms with Gasteiger partial charge in [-0.25, -0.2) is 4.79 Å². The van der Waals surface area contributed by atoms with E-state index < -0.39 is 6.09 Å². The lowest BCUT2D eigenvalue weighted by Crippen LogP contribution is -2.47. The summed E-state index contributed by atoms with van der Waals surface area (Å²) in [5, 5.41) is 13.4. The maximum atomic E-state index is 11.4. The second-order valence-corrected chi connectivity index (χ2v) is 10.5. The number of amides is 1. The molecule has 34 heavy (non-hydrogen) atoms. The molecule has 3 aromatic rings. The lowest BCUT2D eigenvalue weighted by atomic mass is 9.75. The lowest BCUT2D eigenvalue weighted by Gasteiger charge is -2.37. The number of benzene rings is 2. The van der Waals surface area contributed by atoms with Crippen LogP contribution in [-0.2, 0) is 0 Å². The van der Waals surface area contributed by atoms with Crippen LogP contribution in [0, 0.1) is 11.8 Å². The quantitative estimate of drug-likeness (QED) is 0.461. The molecule has 180 valence electrons. The Bertz CT molecular complexity index is 1070. The molecule has 1 aliphatic heterocycles. The summed E-state index contributed by atoms with van der Waals surface area (Å²) in [6, 6.07) is 18.5. The number of carbonyl (C=O) groups is 1. The average Bonchev–Trinajstić information content (AvgIpc) is 3.31. The third kappa shape index (κ3) is 5.36. The van der Waals surface area contributed by atoms with Gasteiger partial charge < -0.3 is 15.3 Å². The first-order valence-corrected chi connectivity index (χ1v) is 13.3. The number of piperazine rings is 1. The van der Waals surface area contributed by atoms with Crippen LogP contribution in [0.5, 0.6) is 0 Å². The Kier molecular flexibility index (Phi) is 7.30. The first-order valence-electron chi connectivity index (χ1n) is 12.5. The molecule has 0 radical (unpaired) electrons. The van der Waals surface area contributed by atoms with E-state index in [4.69, 9.17) is 4.37 Å². The molecule has 1 atom stereocenters. The number of hydrogen-bond donors (Lipinski definition) is 2. The van der Waals surface area contributed by atoms with Crippen LogP contribution < -0.4 is 10.2 Å². The Morgan fingerprint density at radius 2 is 1.71 bits per heavy atom. The van der Waals surface area contributed by atoms with Crippen molar-refractivity contribution in [2.24, 2.45) is 11.8 Å². The number of hydrogen-bond acceptors (Lipinski definition) is 5. The zero-order valence-electron chi connectivity index (χ0n) is 19.6. The van der Waals surface area contributed by atoms with E-state index >= 15 is 0 Å². The lowest BCUT2D eigenvalue weighted by molar-refractivity contribution is 0.164. The predicted octanol–water partition coefficient (Wildman–Crippen LogP) is 5.62. The van der Waals surface area contributed by atoms with Crippen molar-refractivity contribution in [1.82, 2.24) is 14.6 Å². The van der Waals surface area contributed by atoms with E-state index in [1.54, 1.807) is 11.5 Å². The zero-order chi connectivity index (χ0) is 23.3. The van der Waals surface area contributed by atoms with E-state index in [1.165, 1.54) is 29.3 Å². The third-order valence-corrected chi connectivity index (χ3v) is 8.50. The highest BCUT2D eigenvalue weighted by molar-refractivity contribution is 7.13. The molecule has 2 aromatic carbocycles. The van der Waals surface area contributed by atoms with Crippen molar-refractivity contribution >= 4 is 33.5 Å². The van der Waals surface area contributed by atoms with Gasteiger partial charge in [0.1, 0.15) is 5.82 Å². The fourth-order valence-corrected chi connectivity index (χ4v) is 6.52. The molecule has 1 unspecified atom stereocenters. The van der Waals surface area contributed by atoms with E-state index in [2.05, 4.69) is 39.4 Å². The number of anilines is 1. The van der Waals surface area contributed by atoms with Gasteiger partial charge >= 0.3 is 6.09 Å². The van der Waals surface area contributed by atoms with Crippen LogP contribution in [-0.4, -0.2) is 53.2 Å². The van der Waals surface area contributed by atoms with Gasteiger partial charge in [-0.2, -0.15) is 4.37 Å². The normalized spacial score (nSPS) is 22.5. The molecule has 1 aromatic heterocycles. The Morgan fingerprint density at radius 1 is 1.00 bits per heavy atom. The number of fused-ring (bicyclic) bond motifs is 1. The maximum Gasteiger partial charge on any atom is 0.405 e. The average molecular weight is 479 g/mol. The highest BCUT2D eigenvalue weighted by Gasteiger charge is 2.30. The summed E-state index contributed by atoms with van der Waals surface area (Å²) in [4.78, 5) is 16.5. The molecular formula is C27H34N4O2S. The molecule has 1 amide bonds. The molecule has 6 nitrogen and oxygen atoms in total. The van der Waals surface area contributed by atoms with Gasteiger partial charge in [0.15, 0.2) is 0 Å². The van der Waals surface area contributed by atoms with E-state index in [-0.39, 0.29) is 6.04 Å². The number of aromatic nitrogens is 1. The van der Waals surface area contributed by atoms with Gasteiger partial charge in [-0.05, 0) is 66.9 Å². The van der Waals surface area contributed by atoms with Crippen LogP contribution in [0.25, 0.3) is 10.1 Å². The fourth-order valence-electron chi connectivity index (χ4n) is 5.73. The van der Waals surface area contributed by atoms with E-state index in [9.17, 15) is 9.90 Å². The SMILES string of the molecule is O=C(O)NC(c1ccccc1)C1CCC(CCN2CCN(c3nsc4ccccc34)CC2)CC1. The third-order valence-electron chi connectivity index (χ3n) is 7.68. The molecule has 0 spiro atoms. The van der Waals surface area contributed by atoms with Crippen LogP contribution in [0.1, 0.15) is 43.7 Å². The predicted molar refractivity (Wildman–Crippen MR) is 139 cm³/mol.